The molecule has 2 N–H and O–H groups in total. The Morgan fingerprint density at radius 2 is 1.81 bits per heavy atom. The number of nitrogens with zero attached hydrogens (tertiary/aromatic N) is 1. The van der Waals surface area contributed by atoms with E-state index in [4.69, 9.17) is 0 Å². The number of benzene rings is 1. The van der Waals surface area contributed by atoms with E-state index >= 15 is 0 Å². The number of pyridine rings is 1. The summed E-state index contributed by atoms with van der Waals surface area (Å²) in [5.74, 6) is 0.130. The number of rotatable bonds is 7. The van der Waals surface area contributed by atoms with E-state index in [1.54, 1.807) is 12.3 Å². The summed E-state index contributed by atoms with van der Waals surface area (Å²) in [6.45, 7) is 7.48. The van der Waals surface area contributed by atoms with Gasteiger partial charge in [-0.1, -0.05) is 19.9 Å². The summed E-state index contributed by atoms with van der Waals surface area (Å²) in [6, 6.07) is 5.04. The molecule has 0 amide bonds. The predicted molar refractivity (Wildman–Crippen MR) is 87.0 cm³/mol. The quantitative estimate of drug-likeness (QED) is 0.823. The van der Waals surface area contributed by atoms with E-state index in [2.05, 4.69) is 23.7 Å². The first-order valence-corrected chi connectivity index (χ1v) is 7.72. The summed E-state index contributed by atoms with van der Waals surface area (Å²) in [4.78, 5) is 17.5. The van der Waals surface area contributed by atoms with Gasteiger partial charge < -0.3 is 15.0 Å². The third-order valence-electron chi connectivity index (χ3n) is 3.76. The molecule has 0 aliphatic rings. The van der Waals surface area contributed by atoms with Crippen molar-refractivity contribution in [2.45, 2.75) is 33.1 Å². The van der Waals surface area contributed by atoms with E-state index in [1.807, 2.05) is 6.07 Å². The number of fused-ring (bicyclic) bond motifs is 1. The molecule has 4 nitrogen and oxygen atoms in total. The molecular weight excluding hydrogens is 264 g/mol. The van der Waals surface area contributed by atoms with Crippen molar-refractivity contribution in [3.05, 3.63) is 40.2 Å². The highest BCUT2D eigenvalue weighted by Gasteiger charge is 2.10. The Balaban J connectivity index is 2.26. The molecule has 1 heterocycles. The van der Waals surface area contributed by atoms with Gasteiger partial charge in [0.15, 0.2) is 5.43 Å². The topological polar surface area (TPSA) is 56.3 Å². The molecule has 2 aromatic rings. The molecule has 1 aromatic carbocycles. The van der Waals surface area contributed by atoms with Crippen molar-refractivity contribution in [2.75, 3.05) is 19.6 Å². The molecule has 0 radical (unpaired) electrons. The normalized spacial score (nSPS) is 11.4. The smallest absolute Gasteiger partial charge is 0.189 e. The fraction of sp³-hybridized carbons (Fsp3) is 0.471. The number of hydrogen-bond acceptors (Lipinski definition) is 3. The highest BCUT2D eigenvalue weighted by atomic mass is 16.3. The van der Waals surface area contributed by atoms with Crippen LogP contribution in [-0.4, -0.2) is 34.6 Å². The third-order valence-corrected chi connectivity index (χ3v) is 3.76. The van der Waals surface area contributed by atoms with Crippen LogP contribution in [0.5, 0.6) is 5.75 Å². The molecule has 0 aliphatic carbocycles. The summed E-state index contributed by atoms with van der Waals surface area (Å²) >= 11 is 0. The van der Waals surface area contributed by atoms with E-state index in [-0.39, 0.29) is 11.2 Å². The zero-order valence-electron chi connectivity index (χ0n) is 12.9. The van der Waals surface area contributed by atoms with Crippen LogP contribution in [0.1, 0.15) is 32.3 Å². The van der Waals surface area contributed by atoms with E-state index in [1.165, 1.54) is 6.07 Å². The largest absolute Gasteiger partial charge is 0.506 e. The Morgan fingerprint density at radius 3 is 2.48 bits per heavy atom. The maximum atomic E-state index is 12.1. The molecule has 0 bridgehead atoms. The average molecular weight is 288 g/mol. The number of phenolic OH excluding ortho intramolecular Hbond substituents is 1. The fourth-order valence-corrected chi connectivity index (χ4v) is 2.80. The van der Waals surface area contributed by atoms with E-state index < -0.39 is 0 Å². The number of nitrogens with one attached hydrogen (secondary N) is 1. The van der Waals surface area contributed by atoms with Crippen molar-refractivity contribution in [3.8, 4) is 5.75 Å². The van der Waals surface area contributed by atoms with Crippen molar-refractivity contribution < 1.29 is 5.11 Å². The molecule has 0 saturated carbocycles. The molecule has 4 heteroatoms. The molecule has 2 rings (SSSR count). The summed E-state index contributed by atoms with van der Waals surface area (Å²) < 4.78 is 0. The summed E-state index contributed by atoms with van der Waals surface area (Å²) in [5.41, 5.74) is 1.51. The lowest BCUT2D eigenvalue weighted by Crippen LogP contribution is -2.28. The zero-order valence-corrected chi connectivity index (χ0v) is 12.9. The number of H-pyrrole nitrogens is 1. The second-order valence-corrected chi connectivity index (χ2v) is 5.43. The summed E-state index contributed by atoms with van der Waals surface area (Å²) in [5, 5.41) is 10.5. The van der Waals surface area contributed by atoms with Crippen LogP contribution >= 0.6 is 0 Å². The molecule has 1 aromatic heterocycles. The first-order chi connectivity index (χ1) is 10.2. The lowest BCUT2D eigenvalue weighted by molar-refractivity contribution is 0.278. The van der Waals surface area contributed by atoms with E-state index in [9.17, 15) is 9.90 Å². The monoisotopic (exact) mass is 288 g/mol. The molecule has 0 saturated heterocycles. The first-order valence-electron chi connectivity index (χ1n) is 7.72. The van der Waals surface area contributed by atoms with Crippen molar-refractivity contribution in [3.63, 3.8) is 0 Å². The molecule has 0 spiro atoms. The number of phenols is 1. The van der Waals surface area contributed by atoms with Gasteiger partial charge in [-0.05, 0) is 44.0 Å². The summed E-state index contributed by atoms with van der Waals surface area (Å²) in [6.07, 6.45) is 4.67. The minimum atomic E-state index is -0.0350. The predicted octanol–water partition coefficient (Wildman–Crippen LogP) is 2.90. The standard InChI is InChI=1S/C17H24N2O2/c1-3-10-19(11-4-2)12-8-13-5-6-15(21)17-16(13)14(20)7-9-18-17/h5-7,9,21H,3-4,8,10-12H2,1-2H3,(H,18,20). The summed E-state index contributed by atoms with van der Waals surface area (Å²) in [7, 11) is 0. The van der Waals surface area contributed by atoms with Gasteiger partial charge in [0.2, 0.25) is 0 Å². The molecule has 21 heavy (non-hydrogen) atoms. The van der Waals surface area contributed by atoms with Crippen LogP contribution in [0, 0.1) is 0 Å². The molecule has 114 valence electrons. The van der Waals surface area contributed by atoms with Crippen LogP contribution in [-0.2, 0) is 6.42 Å². The van der Waals surface area contributed by atoms with Crippen LogP contribution in [0.25, 0.3) is 10.9 Å². The molecule has 0 aliphatic heterocycles. The van der Waals surface area contributed by atoms with Gasteiger partial charge >= 0.3 is 0 Å². The maximum absolute atomic E-state index is 12.1. The maximum Gasteiger partial charge on any atom is 0.189 e. The van der Waals surface area contributed by atoms with Gasteiger partial charge in [0.05, 0.1) is 10.9 Å². The zero-order chi connectivity index (χ0) is 15.2. The Kier molecular flexibility index (Phi) is 5.39. The van der Waals surface area contributed by atoms with Gasteiger partial charge in [-0.25, -0.2) is 0 Å². The lowest BCUT2D eigenvalue weighted by atomic mass is 10.0. The van der Waals surface area contributed by atoms with Crippen LogP contribution < -0.4 is 5.43 Å². The van der Waals surface area contributed by atoms with E-state index in [0.717, 1.165) is 44.5 Å². The molecule has 0 atom stereocenters. The number of hydrogen-bond donors (Lipinski definition) is 2. The Hall–Kier alpha value is -1.81. The minimum absolute atomic E-state index is 0.0350. The Morgan fingerprint density at radius 1 is 1.10 bits per heavy atom. The Labute approximate surface area is 125 Å². The van der Waals surface area contributed by atoms with Crippen LogP contribution in [0.4, 0.5) is 0 Å². The lowest BCUT2D eigenvalue weighted by Gasteiger charge is -2.21. The van der Waals surface area contributed by atoms with Crippen molar-refractivity contribution in [2.24, 2.45) is 0 Å². The molecular formula is C17H24N2O2. The number of aromatic amines is 1. The van der Waals surface area contributed by atoms with Gasteiger partial charge in [-0.15, -0.1) is 0 Å². The highest BCUT2D eigenvalue weighted by molar-refractivity contribution is 5.86. The van der Waals surface area contributed by atoms with Gasteiger partial charge in [0, 0.05) is 18.8 Å². The van der Waals surface area contributed by atoms with Gasteiger partial charge in [-0.3, -0.25) is 4.79 Å². The first kappa shape index (κ1) is 15.6. The third kappa shape index (κ3) is 3.64. The minimum Gasteiger partial charge on any atom is -0.506 e. The van der Waals surface area contributed by atoms with Crippen molar-refractivity contribution in [1.82, 2.24) is 9.88 Å². The van der Waals surface area contributed by atoms with Gasteiger partial charge in [0.25, 0.3) is 0 Å². The second kappa shape index (κ2) is 7.27. The van der Waals surface area contributed by atoms with Crippen molar-refractivity contribution in [1.29, 1.82) is 0 Å². The molecule has 0 unspecified atom stereocenters. The van der Waals surface area contributed by atoms with Gasteiger partial charge in [0.1, 0.15) is 5.75 Å². The fourth-order valence-electron chi connectivity index (χ4n) is 2.80. The van der Waals surface area contributed by atoms with Crippen molar-refractivity contribution >= 4 is 10.9 Å². The highest BCUT2D eigenvalue weighted by Crippen LogP contribution is 2.23. The van der Waals surface area contributed by atoms with Crippen LogP contribution in [0.3, 0.4) is 0 Å². The Bertz CT molecular complexity index is 643. The van der Waals surface area contributed by atoms with E-state index in [0.29, 0.717) is 10.9 Å². The van der Waals surface area contributed by atoms with Crippen LogP contribution in [0.2, 0.25) is 0 Å². The second-order valence-electron chi connectivity index (χ2n) is 5.43. The number of aromatic hydroxyl groups is 1. The van der Waals surface area contributed by atoms with Gasteiger partial charge in [-0.2, -0.15) is 0 Å². The SMILES string of the molecule is CCCN(CCC)CCc1ccc(O)c2[nH]ccc(=O)c12. The number of aromatic nitrogens is 1. The average Bonchev–Trinajstić information content (AvgIpc) is 2.47. The van der Waals surface area contributed by atoms with Crippen LogP contribution in [0.15, 0.2) is 29.2 Å². The molecule has 0 fully saturated rings.